The van der Waals surface area contributed by atoms with Crippen molar-refractivity contribution in [2.75, 3.05) is 11.9 Å². The highest BCUT2D eigenvalue weighted by Gasteiger charge is 2.09. The SMILES string of the molecule is CC(C)Oc1cc(N(C)Cc2ccccc2CN)ncn1. The molecule has 2 rings (SSSR count). The first-order chi connectivity index (χ1) is 10.1. The molecule has 5 heteroatoms. The van der Waals surface area contributed by atoms with E-state index in [2.05, 4.69) is 27.0 Å². The highest BCUT2D eigenvalue weighted by molar-refractivity contribution is 5.42. The normalized spacial score (nSPS) is 10.7. The molecule has 0 spiro atoms. The molecule has 1 aromatic heterocycles. The predicted octanol–water partition coefficient (Wildman–Crippen LogP) is 2.36. The highest BCUT2D eigenvalue weighted by Crippen LogP contribution is 2.19. The van der Waals surface area contributed by atoms with Gasteiger partial charge in [0.2, 0.25) is 5.88 Å². The summed E-state index contributed by atoms with van der Waals surface area (Å²) in [5.41, 5.74) is 8.13. The van der Waals surface area contributed by atoms with Gasteiger partial charge in [0, 0.05) is 26.2 Å². The number of nitrogens with zero attached hydrogens (tertiary/aromatic N) is 3. The first kappa shape index (κ1) is 15.3. The largest absolute Gasteiger partial charge is 0.475 e. The third-order valence-corrected chi connectivity index (χ3v) is 3.12. The molecule has 1 heterocycles. The van der Waals surface area contributed by atoms with E-state index in [-0.39, 0.29) is 6.10 Å². The number of anilines is 1. The summed E-state index contributed by atoms with van der Waals surface area (Å²) >= 11 is 0. The minimum atomic E-state index is 0.0935. The third-order valence-electron chi connectivity index (χ3n) is 3.12. The van der Waals surface area contributed by atoms with Crippen molar-refractivity contribution in [2.24, 2.45) is 5.73 Å². The van der Waals surface area contributed by atoms with Crippen LogP contribution in [-0.4, -0.2) is 23.1 Å². The van der Waals surface area contributed by atoms with E-state index in [1.165, 1.54) is 11.9 Å². The van der Waals surface area contributed by atoms with Gasteiger partial charge in [0.15, 0.2) is 0 Å². The second-order valence-electron chi connectivity index (χ2n) is 5.21. The van der Waals surface area contributed by atoms with Gasteiger partial charge in [-0.2, -0.15) is 0 Å². The number of ether oxygens (including phenoxy) is 1. The molecule has 21 heavy (non-hydrogen) atoms. The van der Waals surface area contributed by atoms with Gasteiger partial charge in [0.25, 0.3) is 0 Å². The fraction of sp³-hybridized carbons (Fsp3) is 0.375. The van der Waals surface area contributed by atoms with Crippen LogP contribution in [0.25, 0.3) is 0 Å². The summed E-state index contributed by atoms with van der Waals surface area (Å²) in [6.07, 6.45) is 1.62. The van der Waals surface area contributed by atoms with Crippen LogP contribution in [0.4, 0.5) is 5.82 Å². The molecule has 1 aromatic carbocycles. The van der Waals surface area contributed by atoms with Gasteiger partial charge in [0.05, 0.1) is 6.10 Å². The number of hydrogen-bond acceptors (Lipinski definition) is 5. The molecule has 2 N–H and O–H groups in total. The Balaban J connectivity index is 2.14. The smallest absolute Gasteiger partial charge is 0.218 e. The maximum absolute atomic E-state index is 5.78. The minimum Gasteiger partial charge on any atom is -0.475 e. The van der Waals surface area contributed by atoms with Gasteiger partial charge in [-0.05, 0) is 25.0 Å². The zero-order chi connectivity index (χ0) is 15.2. The molecule has 2 aromatic rings. The van der Waals surface area contributed by atoms with E-state index in [1.807, 2.05) is 39.1 Å². The first-order valence-corrected chi connectivity index (χ1v) is 7.07. The zero-order valence-corrected chi connectivity index (χ0v) is 12.8. The van der Waals surface area contributed by atoms with E-state index in [0.717, 1.165) is 17.9 Å². The minimum absolute atomic E-state index is 0.0935. The third kappa shape index (κ3) is 4.16. The predicted molar refractivity (Wildman–Crippen MR) is 84.2 cm³/mol. The van der Waals surface area contributed by atoms with Crippen molar-refractivity contribution in [1.29, 1.82) is 0 Å². The van der Waals surface area contributed by atoms with Gasteiger partial charge in [-0.1, -0.05) is 24.3 Å². The maximum Gasteiger partial charge on any atom is 0.218 e. The van der Waals surface area contributed by atoms with Crippen molar-refractivity contribution in [3.63, 3.8) is 0 Å². The fourth-order valence-corrected chi connectivity index (χ4v) is 2.09. The Morgan fingerprint density at radius 3 is 2.57 bits per heavy atom. The Morgan fingerprint density at radius 2 is 1.90 bits per heavy atom. The van der Waals surface area contributed by atoms with E-state index in [1.54, 1.807) is 0 Å². The Morgan fingerprint density at radius 1 is 1.19 bits per heavy atom. The van der Waals surface area contributed by atoms with Gasteiger partial charge in [-0.15, -0.1) is 0 Å². The molecule has 0 saturated heterocycles. The van der Waals surface area contributed by atoms with Crippen molar-refractivity contribution < 1.29 is 4.74 Å². The van der Waals surface area contributed by atoms with Crippen LogP contribution in [0.5, 0.6) is 5.88 Å². The lowest BCUT2D eigenvalue weighted by Crippen LogP contribution is -2.19. The summed E-state index contributed by atoms with van der Waals surface area (Å²) in [5, 5.41) is 0. The second kappa shape index (κ2) is 7.04. The molecule has 112 valence electrons. The molecule has 0 bridgehead atoms. The monoisotopic (exact) mass is 286 g/mol. The molecule has 0 unspecified atom stereocenters. The van der Waals surface area contributed by atoms with Gasteiger partial charge < -0.3 is 15.4 Å². The number of nitrogens with two attached hydrogens (primary N) is 1. The summed E-state index contributed by atoms with van der Waals surface area (Å²) in [4.78, 5) is 10.5. The first-order valence-electron chi connectivity index (χ1n) is 7.07. The van der Waals surface area contributed by atoms with Crippen molar-refractivity contribution >= 4 is 5.82 Å². The van der Waals surface area contributed by atoms with Gasteiger partial charge in [0.1, 0.15) is 12.1 Å². The molecule has 5 nitrogen and oxygen atoms in total. The fourth-order valence-electron chi connectivity index (χ4n) is 2.09. The lowest BCUT2D eigenvalue weighted by molar-refractivity contribution is 0.232. The summed E-state index contributed by atoms with van der Waals surface area (Å²) < 4.78 is 5.60. The molecule has 0 amide bonds. The number of rotatable bonds is 6. The van der Waals surface area contributed by atoms with Gasteiger partial charge in [-0.3, -0.25) is 0 Å². The summed E-state index contributed by atoms with van der Waals surface area (Å²) in [7, 11) is 1.99. The van der Waals surface area contributed by atoms with E-state index in [0.29, 0.717) is 12.4 Å². The summed E-state index contributed by atoms with van der Waals surface area (Å²) in [6, 6.07) is 10.0. The number of aromatic nitrogens is 2. The molecule has 0 aliphatic rings. The van der Waals surface area contributed by atoms with E-state index >= 15 is 0 Å². The van der Waals surface area contributed by atoms with Crippen molar-refractivity contribution in [3.8, 4) is 5.88 Å². The van der Waals surface area contributed by atoms with Crippen LogP contribution in [0.1, 0.15) is 25.0 Å². The van der Waals surface area contributed by atoms with Crippen LogP contribution in [-0.2, 0) is 13.1 Å². The maximum atomic E-state index is 5.78. The zero-order valence-electron chi connectivity index (χ0n) is 12.8. The van der Waals surface area contributed by atoms with E-state index in [9.17, 15) is 0 Å². The Kier molecular flexibility index (Phi) is 5.11. The molecule has 0 saturated carbocycles. The molecular weight excluding hydrogens is 264 g/mol. The van der Waals surface area contributed by atoms with Crippen LogP contribution in [0.3, 0.4) is 0 Å². The standard InChI is InChI=1S/C16H22N4O/c1-12(2)21-16-8-15(18-11-19-16)20(3)10-14-7-5-4-6-13(14)9-17/h4-8,11-12H,9-10,17H2,1-3H3. The van der Waals surface area contributed by atoms with Crippen molar-refractivity contribution in [2.45, 2.75) is 33.0 Å². The van der Waals surface area contributed by atoms with Crippen LogP contribution < -0.4 is 15.4 Å². The molecule has 0 radical (unpaired) electrons. The quantitative estimate of drug-likeness (QED) is 0.883. The topological polar surface area (TPSA) is 64.3 Å². The van der Waals surface area contributed by atoms with Crippen LogP contribution in [0.15, 0.2) is 36.7 Å². The number of hydrogen-bond donors (Lipinski definition) is 1. The highest BCUT2D eigenvalue weighted by atomic mass is 16.5. The molecular formula is C16H22N4O. The van der Waals surface area contributed by atoms with Crippen LogP contribution >= 0.6 is 0 Å². The van der Waals surface area contributed by atoms with E-state index < -0.39 is 0 Å². The molecule has 0 fully saturated rings. The summed E-state index contributed by atoms with van der Waals surface area (Å²) in [6.45, 7) is 5.23. The average Bonchev–Trinajstić information content (AvgIpc) is 2.47. The Labute approximate surface area is 125 Å². The van der Waals surface area contributed by atoms with E-state index in [4.69, 9.17) is 10.5 Å². The van der Waals surface area contributed by atoms with Crippen molar-refractivity contribution in [3.05, 3.63) is 47.8 Å². The molecule has 0 aliphatic heterocycles. The van der Waals surface area contributed by atoms with Gasteiger partial charge in [-0.25, -0.2) is 9.97 Å². The molecule has 0 aliphatic carbocycles. The number of benzene rings is 1. The van der Waals surface area contributed by atoms with Crippen LogP contribution in [0, 0.1) is 0 Å². The summed E-state index contributed by atoms with van der Waals surface area (Å²) in [5.74, 6) is 1.42. The average molecular weight is 286 g/mol. The van der Waals surface area contributed by atoms with Gasteiger partial charge >= 0.3 is 0 Å². The lowest BCUT2D eigenvalue weighted by atomic mass is 10.1. The lowest BCUT2D eigenvalue weighted by Gasteiger charge is -2.20. The van der Waals surface area contributed by atoms with Crippen LogP contribution in [0.2, 0.25) is 0 Å². The van der Waals surface area contributed by atoms with Crippen molar-refractivity contribution in [1.82, 2.24) is 9.97 Å². The molecule has 0 atom stereocenters. The Hall–Kier alpha value is -2.14. The second-order valence-corrected chi connectivity index (χ2v) is 5.21. The Bertz CT molecular complexity index is 586.